The lowest BCUT2D eigenvalue weighted by atomic mass is 9.89. The molecular weight excluding hydrogens is 331 g/mol. The van der Waals surface area contributed by atoms with Gasteiger partial charge in [0.15, 0.2) is 0 Å². The number of nitrogens with zero attached hydrogens (tertiary/aromatic N) is 2. The summed E-state index contributed by atoms with van der Waals surface area (Å²) in [5.74, 6) is -0.441. The molecule has 1 aromatic heterocycles. The molecule has 1 aliphatic heterocycles. The number of aryl methyl sites for hydroxylation is 1. The van der Waals surface area contributed by atoms with Crippen molar-refractivity contribution in [1.82, 2.24) is 15.3 Å². The third-order valence-corrected chi connectivity index (χ3v) is 4.59. The van der Waals surface area contributed by atoms with E-state index in [0.29, 0.717) is 17.7 Å². The Labute approximate surface area is 150 Å². The molecule has 0 spiro atoms. The van der Waals surface area contributed by atoms with Gasteiger partial charge in [-0.1, -0.05) is 35.9 Å². The molecule has 0 bridgehead atoms. The summed E-state index contributed by atoms with van der Waals surface area (Å²) in [5, 5.41) is 2.97. The lowest BCUT2D eigenvalue weighted by Crippen LogP contribution is -2.36. The lowest BCUT2D eigenvalue weighted by Gasteiger charge is -2.27. The Hall–Kier alpha value is -3.28. The van der Waals surface area contributed by atoms with E-state index in [1.807, 2.05) is 31.2 Å². The molecule has 5 nitrogen and oxygen atoms in total. The summed E-state index contributed by atoms with van der Waals surface area (Å²) in [6, 6.07) is 12.2. The van der Waals surface area contributed by atoms with E-state index in [0.717, 1.165) is 22.3 Å². The van der Waals surface area contributed by atoms with Crippen molar-refractivity contribution in [3.63, 3.8) is 0 Å². The molecule has 1 amide bonds. The van der Waals surface area contributed by atoms with Crippen LogP contribution in [0.15, 0.2) is 48.7 Å². The van der Waals surface area contributed by atoms with E-state index < -0.39 is 0 Å². The number of halogens is 1. The number of rotatable bonds is 2. The zero-order valence-corrected chi connectivity index (χ0v) is 14.2. The number of nitrogens with two attached hydrogens (primary N) is 1. The first-order valence-electron chi connectivity index (χ1n) is 8.30. The molecule has 2 heterocycles. The van der Waals surface area contributed by atoms with Crippen LogP contribution in [0.3, 0.4) is 0 Å². The molecule has 3 aromatic rings. The summed E-state index contributed by atoms with van der Waals surface area (Å²) in [5.41, 5.74) is 10.3. The predicted octanol–water partition coefficient (Wildman–Crippen LogP) is 3.20. The van der Waals surface area contributed by atoms with E-state index in [2.05, 4.69) is 15.3 Å². The van der Waals surface area contributed by atoms with Crippen LogP contribution in [-0.2, 0) is 6.42 Å². The summed E-state index contributed by atoms with van der Waals surface area (Å²) in [4.78, 5) is 20.5. The van der Waals surface area contributed by atoms with Crippen molar-refractivity contribution in [2.24, 2.45) is 0 Å². The van der Waals surface area contributed by atoms with Crippen molar-refractivity contribution < 1.29 is 9.18 Å². The quantitative estimate of drug-likeness (QED) is 0.745. The maximum atomic E-state index is 13.9. The van der Waals surface area contributed by atoms with Crippen LogP contribution in [0.2, 0.25) is 0 Å². The zero-order valence-electron chi connectivity index (χ0n) is 14.2. The Kier molecular flexibility index (Phi) is 3.88. The number of benzene rings is 2. The van der Waals surface area contributed by atoms with Crippen molar-refractivity contribution >= 4 is 11.9 Å². The predicted molar refractivity (Wildman–Crippen MR) is 96.9 cm³/mol. The van der Waals surface area contributed by atoms with Gasteiger partial charge in [0.1, 0.15) is 5.82 Å². The minimum atomic E-state index is -0.321. The minimum absolute atomic E-state index is 0.134. The first-order chi connectivity index (χ1) is 12.5. The number of carbonyl (C=O) groups excluding carboxylic acids is 1. The van der Waals surface area contributed by atoms with Crippen molar-refractivity contribution in [3.8, 4) is 11.1 Å². The fourth-order valence-electron chi connectivity index (χ4n) is 3.26. The molecule has 1 unspecified atom stereocenters. The summed E-state index contributed by atoms with van der Waals surface area (Å²) in [6.45, 7) is 2.00. The van der Waals surface area contributed by atoms with Gasteiger partial charge < -0.3 is 11.1 Å². The molecule has 0 aliphatic carbocycles. The molecule has 0 fully saturated rings. The highest BCUT2D eigenvalue weighted by Crippen LogP contribution is 2.33. The highest BCUT2D eigenvalue weighted by molar-refractivity contribution is 5.96. The number of carbonyl (C=O) groups is 1. The average Bonchev–Trinajstić information content (AvgIpc) is 2.62. The normalized spacial score (nSPS) is 16.1. The smallest absolute Gasteiger partial charge is 0.255 e. The second kappa shape index (κ2) is 6.22. The van der Waals surface area contributed by atoms with Crippen molar-refractivity contribution in [3.05, 3.63) is 76.9 Å². The molecule has 0 radical (unpaired) electrons. The van der Waals surface area contributed by atoms with Crippen LogP contribution < -0.4 is 11.1 Å². The van der Waals surface area contributed by atoms with Crippen LogP contribution in [-0.4, -0.2) is 15.9 Å². The molecule has 130 valence electrons. The molecule has 1 atom stereocenters. The monoisotopic (exact) mass is 348 g/mol. The molecule has 4 rings (SSSR count). The Morgan fingerprint density at radius 1 is 1.15 bits per heavy atom. The highest BCUT2D eigenvalue weighted by Gasteiger charge is 2.28. The number of hydrogen-bond acceptors (Lipinski definition) is 4. The van der Waals surface area contributed by atoms with Gasteiger partial charge in [-0.05, 0) is 35.7 Å². The van der Waals surface area contributed by atoms with Crippen molar-refractivity contribution in [2.45, 2.75) is 19.4 Å². The van der Waals surface area contributed by atoms with Crippen molar-refractivity contribution in [1.29, 1.82) is 0 Å². The average molecular weight is 348 g/mol. The van der Waals surface area contributed by atoms with Gasteiger partial charge in [0.2, 0.25) is 5.95 Å². The molecule has 3 N–H and O–H groups in total. The molecule has 6 heteroatoms. The first kappa shape index (κ1) is 16.2. The summed E-state index contributed by atoms with van der Waals surface area (Å²) >= 11 is 0. The van der Waals surface area contributed by atoms with Gasteiger partial charge >= 0.3 is 0 Å². The molecule has 0 saturated heterocycles. The number of anilines is 1. The maximum Gasteiger partial charge on any atom is 0.255 e. The second-order valence-corrected chi connectivity index (χ2v) is 6.42. The molecule has 26 heavy (non-hydrogen) atoms. The van der Waals surface area contributed by atoms with Crippen LogP contribution in [0, 0.1) is 12.7 Å². The van der Waals surface area contributed by atoms with Crippen LogP contribution in [0.25, 0.3) is 11.1 Å². The number of hydrogen-bond donors (Lipinski definition) is 2. The van der Waals surface area contributed by atoms with Crippen LogP contribution in [0.4, 0.5) is 10.3 Å². The first-order valence-corrected chi connectivity index (χ1v) is 8.30. The van der Waals surface area contributed by atoms with Gasteiger partial charge in [-0.25, -0.2) is 14.4 Å². The van der Waals surface area contributed by atoms with Gasteiger partial charge in [0, 0.05) is 12.6 Å². The summed E-state index contributed by atoms with van der Waals surface area (Å²) < 4.78 is 13.9. The van der Waals surface area contributed by atoms with Gasteiger partial charge in [0.25, 0.3) is 5.91 Å². The van der Waals surface area contributed by atoms with Crippen molar-refractivity contribution in [2.75, 3.05) is 5.73 Å². The fourth-order valence-corrected chi connectivity index (χ4v) is 3.26. The third kappa shape index (κ3) is 2.90. The van der Waals surface area contributed by atoms with E-state index in [1.165, 1.54) is 18.3 Å². The summed E-state index contributed by atoms with van der Waals surface area (Å²) in [6.07, 6.45) is 1.91. The Bertz CT molecular complexity index is 1000. The molecule has 0 saturated carbocycles. The van der Waals surface area contributed by atoms with E-state index in [9.17, 15) is 9.18 Å². The Morgan fingerprint density at radius 2 is 1.92 bits per heavy atom. The Morgan fingerprint density at radius 3 is 2.69 bits per heavy atom. The van der Waals surface area contributed by atoms with E-state index in [4.69, 9.17) is 5.73 Å². The van der Waals surface area contributed by atoms with Gasteiger partial charge in [-0.15, -0.1) is 0 Å². The zero-order chi connectivity index (χ0) is 18.3. The summed E-state index contributed by atoms with van der Waals surface area (Å²) in [7, 11) is 0. The lowest BCUT2D eigenvalue weighted by molar-refractivity contribution is 0.0923. The number of nitrogens with one attached hydrogen (secondary N) is 1. The fraction of sp³-hybridized carbons (Fsp3) is 0.150. The van der Waals surface area contributed by atoms with Crippen LogP contribution in [0.1, 0.15) is 33.2 Å². The van der Waals surface area contributed by atoms with Crippen LogP contribution in [0.5, 0.6) is 0 Å². The minimum Gasteiger partial charge on any atom is -0.368 e. The third-order valence-electron chi connectivity index (χ3n) is 4.59. The molecule has 1 aliphatic rings. The van der Waals surface area contributed by atoms with Gasteiger partial charge in [-0.3, -0.25) is 4.79 Å². The number of nitrogen functional groups attached to an aromatic ring is 1. The number of amides is 1. The van der Waals surface area contributed by atoms with E-state index in [-0.39, 0.29) is 23.7 Å². The largest absolute Gasteiger partial charge is 0.368 e. The standard InChI is InChI=1S/C20H17FN4O/c1-11-2-4-12(5-3-11)15-8-13(21)6-7-14(15)17-9-18-16(19(26)24-17)10-23-20(22)25-18/h2-8,10,17H,9H2,1H3,(H,24,26)(H2,22,23,25). The molecule has 2 aromatic carbocycles. The highest BCUT2D eigenvalue weighted by atomic mass is 19.1. The SMILES string of the molecule is Cc1ccc(-c2cc(F)ccc2C2Cc3nc(N)ncc3C(=O)N2)cc1. The van der Waals surface area contributed by atoms with Crippen LogP contribution >= 0.6 is 0 Å². The molecular formula is C20H17FN4O. The van der Waals surface area contributed by atoms with Gasteiger partial charge in [0.05, 0.1) is 17.3 Å². The Balaban J connectivity index is 1.79. The van der Waals surface area contributed by atoms with E-state index >= 15 is 0 Å². The van der Waals surface area contributed by atoms with E-state index in [1.54, 1.807) is 6.07 Å². The topological polar surface area (TPSA) is 80.9 Å². The van der Waals surface area contributed by atoms with Gasteiger partial charge in [-0.2, -0.15) is 0 Å². The second-order valence-electron chi connectivity index (χ2n) is 6.42. The number of aromatic nitrogens is 2. The number of fused-ring (bicyclic) bond motifs is 1. The maximum absolute atomic E-state index is 13.9.